The number of rotatable bonds is 0. The number of fused-ring (bicyclic) bond motifs is 2. The number of benzene rings is 1. The van der Waals surface area contributed by atoms with Crippen LogP contribution in [0.2, 0.25) is 0 Å². The quantitative estimate of drug-likeness (QED) is 0.586. The SMILES string of the molecule is [C-]#[N+]c1c(F)ccc2c1CNc1ccn3nc(C)c(c3n1)C(=O)NC[C@H](C)O2. The third kappa shape index (κ3) is 2.99. The number of amides is 1. The smallest absolute Gasteiger partial charge is 0.257 e. The van der Waals surface area contributed by atoms with Crippen molar-refractivity contribution in [2.75, 3.05) is 11.9 Å². The summed E-state index contributed by atoms with van der Waals surface area (Å²) in [5.41, 5.74) is 1.67. The van der Waals surface area contributed by atoms with E-state index in [-0.39, 0.29) is 24.7 Å². The van der Waals surface area contributed by atoms with Gasteiger partial charge in [0.15, 0.2) is 5.65 Å². The standard InChI is InChI=1S/C19H17FN6O2/c1-10-8-23-19(27)16-11(2)25-26-7-6-15(24-18(16)26)22-9-12-14(28-10)5-4-13(20)17(12)21-3/h4-7,10H,8-9H2,1-2H3,(H,22,24)(H,23,27)/t10-/m0/s1. The molecule has 142 valence electrons. The number of nitrogens with zero attached hydrogens (tertiary/aromatic N) is 4. The Kier molecular flexibility index (Phi) is 4.31. The fourth-order valence-electron chi connectivity index (χ4n) is 3.16. The molecule has 9 heteroatoms. The molecule has 1 atom stereocenters. The first kappa shape index (κ1) is 17.7. The number of hydrogen-bond donors (Lipinski definition) is 2. The van der Waals surface area contributed by atoms with Crippen molar-refractivity contribution >= 4 is 23.1 Å². The molecule has 2 bridgehead atoms. The van der Waals surface area contributed by atoms with Gasteiger partial charge < -0.3 is 15.4 Å². The largest absolute Gasteiger partial charge is 0.490 e. The Bertz CT molecular complexity index is 1130. The second kappa shape index (κ2) is 6.81. The van der Waals surface area contributed by atoms with E-state index in [0.717, 1.165) is 0 Å². The van der Waals surface area contributed by atoms with Crippen LogP contribution in [0.5, 0.6) is 5.75 Å². The zero-order valence-electron chi connectivity index (χ0n) is 15.3. The van der Waals surface area contributed by atoms with Gasteiger partial charge >= 0.3 is 0 Å². The minimum atomic E-state index is -0.610. The van der Waals surface area contributed by atoms with E-state index in [2.05, 4.69) is 25.6 Å². The number of aryl methyl sites for hydroxylation is 1. The molecular weight excluding hydrogens is 363 g/mol. The van der Waals surface area contributed by atoms with Crippen molar-refractivity contribution in [1.29, 1.82) is 0 Å². The maximum atomic E-state index is 14.1. The van der Waals surface area contributed by atoms with Gasteiger partial charge in [-0.25, -0.2) is 18.7 Å². The Labute approximate surface area is 160 Å². The molecule has 2 aromatic heterocycles. The maximum absolute atomic E-state index is 14.1. The normalized spacial score (nSPS) is 16.6. The van der Waals surface area contributed by atoms with Gasteiger partial charge in [0.2, 0.25) is 5.69 Å². The second-order valence-corrected chi connectivity index (χ2v) is 6.52. The van der Waals surface area contributed by atoms with Crippen LogP contribution in [0.25, 0.3) is 10.5 Å². The van der Waals surface area contributed by atoms with Gasteiger partial charge in [0.05, 0.1) is 18.8 Å². The van der Waals surface area contributed by atoms with Gasteiger partial charge in [-0.3, -0.25) is 4.79 Å². The third-order valence-corrected chi connectivity index (χ3v) is 4.51. The van der Waals surface area contributed by atoms with Crippen LogP contribution in [0.15, 0.2) is 24.4 Å². The lowest BCUT2D eigenvalue weighted by molar-refractivity contribution is 0.0933. The number of ether oxygens (including phenoxy) is 1. The predicted octanol–water partition coefficient (Wildman–Crippen LogP) is 2.85. The average molecular weight is 380 g/mol. The lowest BCUT2D eigenvalue weighted by Crippen LogP contribution is -2.34. The Morgan fingerprint density at radius 2 is 2.18 bits per heavy atom. The van der Waals surface area contributed by atoms with E-state index in [0.29, 0.717) is 34.0 Å². The summed E-state index contributed by atoms with van der Waals surface area (Å²) in [6.07, 6.45) is 1.30. The zero-order chi connectivity index (χ0) is 19.8. The van der Waals surface area contributed by atoms with E-state index in [4.69, 9.17) is 11.3 Å². The number of nitrogens with one attached hydrogen (secondary N) is 2. The van der Waals surface area contributed by atoms with Crippen molar-refractivity contribution in [3.05, 3.63) is 58.5 Å². The molecule has 1 aliphatic heterocycles. The highest BCUT2D eigenvalue weighted by molar-refractivity contribution is 6.01. The molecule has 0 saturated carbocycles. The maximum Gasteiger partial charge on any atom is 0.257 e. The summed E-state index contributed by atoms with van der Waals surface area (Å²) in [5.74, 6) is -0.0457. The van der Waals surface area contributed by atoms with E-state index in [1.165, 1.54) is 16.6 Å². The van der Waals surface area contributed by atoms with Crippen LogP contribution < -0.4 is 15.4 Å². The Morgan fingerprint density at radius 1 is 1.36 bits per heavy atom. The molecule has 4 rings (SSSR count). The molecule has 3 aromatic rings. The van der Waals surface area contributed by atoms with Gasteiger partial charge in [-0.15, -0.1) is 0 Å². The number of hydrogen-bond acceptors (Lipinski definition) is 5. The van der Waals surface area contributed by atoms with Crippen molar-refractivity contribution in [1.82, 2.24) is 19.9 Å². The van der Waals surface area contributed by atoms with E-state index in [9.17, 15) is 9.18 Å². The molecule has 8 nitrogen and oxygen atoms in total. The molecule has 0 unspecified atom stereocenters. The Hall–Kier alpha value is -3.67. The average Bonchev–Trinajstić information content (AvgIpc) is 3.00. The second-order valence-electron chi connectivity index (χ2n) is 6.52. The van der Waals surface area contributed by atoms with Crippen LogP contribution in [-0.2, 0) is 6.54 Å². The van der Waals surface area contributed by atoms with Crippen molar-refractivity contribution in [3.8, 4) is 5.75 Å². The van der Waals surface area contributed by atoms with E-state index >= 15 is 0 Å². The summed E-state index contributed by atoms with van der Waals surface area (Å²) in [7, 11) is 0. The summed E-state index contributed by atoms with van der Waals surface area (Å²) in [6.45, 7) is 11.2. The molecule has 1 aromatic carbocycles. The van der Waals surface area contributed by atoms with E-state index in [1.807, 2.05) is 0 Å². The highest BCUT2D eigenvalue weighted by atomic mass is 19.1. The van der Waals surface area contributed by atoms with Crippen LogP contribution in [-0.4, -0.2) is 33.2 Å². The molecule has 0 aliphatic carbocycles. The zero-order valence-corrected chi connectivity index (χ0v) is 15.3. The molecule has 0 spiro atoms. The van der Waals surface area contributed by atoms with Crippen molar-refractivity contribution < 1.29 is 13.9 Å². The molecule has 2 N–H and O–H groups in total. The number of anilines is 1. The summed E-state index contributed by atoms with van der Waals surface area (Å²) >= 11 is 0. The fourth-order valence-corrected chi connectivity index (χ4v) is 3.16. The van der Waals surface area contributed by atoms with Crippen molar-refractivity contribution in [3.63, 3.8) is 0 Å². The van der Waals surface area contributed by atoms with Crippen LogP contribution in [0, 0.1) is 19.3 Å². The van der Waals surface area contributed by atoms with Crippen molar-refractivity contribution in [2.24, 2.45) is 0 Å². The van der Waals surface area contributed by atoms with Crippen LogP contribution in [0.3, 0.4) is 0 Å². The van der Waals surface area contributed by atoms with Crippen LogP contribution in [0.1, 0.15) is 28.5 Å². The predicted molar refractivity (Wildman–Crippen MR) is 100 cm³/mol. The summed E-state index contributed by atoms with van der Waals surface area (Å²) in [4.78, 5) is 20.5. The highest BCUT2D eigenvalue weighted by Crippen LogP contribution is 2.33. The summed E-state index contributed by atoms with van der Waals surface area (Å²) in [5, 5.41) is 10.2. The molecule has 0 radical (unpaired) electrons. The van der Waals surface area contributed by atoms with Crippen LogP contribution in [0.4, 0.5) is 15.9 Å². The summed E-state index contributed by atoms with van der Waals surface area (Å²) < 4.78 is 21.6. The van der Waals surface area contributed by atoms with Gasteiger partial charge in [0.25, 0.3) is 5.91 Å². The molecule has 1 aliphatic rings. The van der Waals surface area contributed by atoms with E-state index < -0.39 is 11.9 Å². The minimum absolute atomic E-state index is 0.0990. The minimum Gasteiger partial charge on any atom is -0.490 e. The fraction of sp³-hybridized carbons (Fsp3) is 0.263. The topological polar surface area (TPSA) is 84.9 Å². The monoisotopic (exact) mass is 380 g/mol. The Morgan fingerprint density at radius 3 is 2.96 bits per heavy atom. The highest BCUT2D eigenvalue weighted by Gasteiger charge is 2.22. The molecule has 0 saturated heterocycles. The van der Waals surface area contributed by atoms with Gasteiger partial charge in [-0.05, 0) is 32.0 Å². The number of carbonyl (C=O) groups is 1. The molecule has 0 fully saturated rings. The van der Waals surface area contributed by atoms with Gasteiger partial charge in [0.1, 0.15) is 29.1 Å². The molecule has 28 heavy (non-hydrogen) atoms. The van der Waals surface area contributed by atoms with E-state index in [1.54, 1.807) is 26.1 Å². The lowest BCUT2D eigenvalue weighted by atomic mass is 10.1. The number of aromatic nitrogens is 3. The van der Waals surface area contributed by atoms with Gasteiger partial charge in [-0.1, -0.05) is 0 Å². The lowest BCUT2D eigenvalue weighted by Gasteiger charge is -2.19. The molecule has 3 heterocycles. The Balaban J connectivity index is 1.84. The van der Waals surface area contributed by atoms with Gasteiger partial charge in [-0.2, -0.15) is 5.10 Å². The number of halogens is 1. The summed E-state index contributed by atoms with van der Waals surface area (Å²) in [6, 6.07) is 4.40. The first-order valence-corrected chi connectivity index (χ1v) is 8.71. The van der Waals surface area contributed by atoms with Gasteiger partial charge in [0, 0.05) is 18.3 Å². The van der Waals surface area contributed by atoms with Crippen LogP contribution >= 0.6 is 0 Å². The van der Waals surface area contributed by atoms with Crippen molar-refractivity contribution in [2.45, 2.75) is 26.5 Å². The molecule has 1 amide bonds. The molecular formula is C19H17FN6O2. The first-order valence-electron chi connectivity index (χ1n) is 8.71. The third-order valence-electron chi connectivity index (χ3n) is 4.51. The number of carbonyl (C=O) groups excluding carboxylic acids is 1. The first-order chi connectivity index (χ1) is 13.5.